The molecule has 0 spiro atoms. The molecule has 18 heavy (non-hydrogen) atoms. The molecular formula is C16H24N2. The molecule has 1 aliphatic carbocycles. The van der Waals surface area contributed by atoms with Crippen molar-refractivity contribution in [1.29, 1.82) is 0 Å². The zero-order chi connectivity index (χ0) is 12.5. The number of hydrogen-bond acceptors (Lipinski definition) is 2. The Bertz CT molecular complexity index is 425. The first-order chi connectivity index (χ1) is 8.77. The largest absolute Gasteiger partial charge is 0.365 e. The second-order valence-corrected chi connectivity index (χ2v) is 5.82. The summed E-state index contributed by atoms with van der Waals surface area (Å²) < 4.78 is 0. The summed E-state index contributed by atoms with van der Waals surface area (Å²) in [5, 5.41) is 3.71. The Labute approximate surface area is 110 Å². The lowest BCUT2D eigenvalue weighted by atomic mass is 9.87. The minimum Gasteiger partial charge on any atom is -0.365 e. The van der Waals surface area contributed by atoms with E-state index in [1.54, 1.807) is 0 Å². The fraction of sp³-hybridized carbons (Fsp3) is 0.625. The van der Waals surface area contributed by atoms with Crippen LogP contribution in [0.5, 0.6) is 0 Å². The van der Waals surface area contributed by atoms with Crippen molar-refractivity contribution < 1.29 is 0 Å². The molecule has 2 heteroatoms. The normalized spacial score (nSPS) is 28.0. The van der Waals surface area contributed by atoms with Gasteiger partial charge in [-0.2, -0.15) is 0 Å². The first-order valence-corrected chi connectivity index (χ1v) is 7.33. The van der Waals surface area contributed by atoms with E-state index >= 15 is 0 Å². The Morgan fingerprint density at radius 3 is 2.89 bits per heavy atom. The van der Waals surface area contributed by atoms with Crippen LogP contribution in [0.1, 0.15) is 36.8 Å². The molecule has 1 heterocycles. The minimum absolute atomic E-state index is 0.715. The van der Waals surface area contributed by atoms with Gasteiger partial charge in [-0.05, 0) is 43.9 Å². The second-order valence-electron chi connectivity index (χ2n) is 5.82. The summed E-state index contributed by atoms with van der Waals surface area (Å²) in [5.41, 5.74) is 4.34. The van der Waals surface area contributed by atoms with Gasteiger partial charge in [0.1, 0.15) is 0 Å². The van der Waals surface area contributed by atoms with Crippen molar-refractivity contribution in [1.82, 2.24) is 5.32 Å². The molecule has 0 aromatic heterocycles. The maximum atomic E-state index is 3.71. The predicted octanol–water partition coefficient (Wildman–Crippen LogP) is 3.02. The molecule has 2 nitrogen and oxygen atoms in total. The van der Waals surface area contributed by atoms with Crippen LogP contribution in [-0.4, -0.2) is 25.2 Å². The summed E-state index contributed by atoms with van der Waals surface area (Å²) in [4.78, 5) is 2.67. The van der Waals surface area contributed by atoms with Crippen LogP contribution in [0.2, 0.25) is 0 Å². The van der Waals surface area contributed by atoms with Crippen LogP contribution in [0.3, 0.4) is 0 Å². The zero-order valence-corrected chi connectivity index (χ0v) is 11.6. The molecule has 0 unspecified atom stereocenters. The first-order valence-electron chi connectivity index (χ1n) is 7.33. The van der Waals surface area contributed by atoms with Gasteiger partial charge in [0.25, 0.3) is 0 Å². The third-order valence-electron chi connectivity index (χ3n) is 4.77. The van der Waals surface area contributed by atoms with E-state index in [0.29, 0.717) is 12.1 Å². The van der Waals surface area contributed by atoms with Gasteiger partial charge in [0, 0.05) is 30.9 Å². The Balaban J connectivity index is 1.92. The lowest BCUT2D eigenvalue weighted by molar-refractivity contribution is 0.284. The zero-order valence-electron chi connectivity index (χ0n) is 11.6. The van der Waals surface area contributed by atoms with Gasteiger partial charge >= 0.3 is 0 Å². The van der Waals surface area contributed by atoms with Gasteiger partial charge in [0.05, 0.1) is 0 Å². The van der Waals surface area contributed by atoms with Gasteiger partial charge in [-0.15, -0.1) is 0 Å². The van der Waals surface area contributed by atoms with Gasteiger partial charge in [0.15, 0.2) is 0 Å². The number of fused-ring (bicyclic) bond motifs is 1. The van der Waals surface area contributed by atoms with Crippen molar-refractivity contribution in [2.75, 3.05) is 18.0 Å². The third-order valence-corrected chi connectivity index (χ3v) is 4.77. The topological polar surface area (TPSA) is 15.3 Å². The summed E-state index contributed by atoms with van der Waals surface area (Å²) in [6.45, 7) is 6.78. The number of aryl methyl sites for hydroxylation is 1. The van der Waals surface area contributed by atoms with Gasteiger partial charge in [-0.25, -0.2) is 0 Å². The fourth-order valence-electron chi connectivity index (χ4n) is 3.60. The third kappa shape index (κ3) is 2.03. The molecule has 1 N–H and O–H groups in total. The van der Waals surface area contributed by atoms with E-state index in [0.717, 1.165) is 13.1 Å². The molecule has 0 bridgehead atoms. The monoisotopic (exact) mass is 244 g/mol. The van der Waals surface area contributed by atoms with Crippen molar-refractivity contribution in [2.45, 2.75) is 51.6 Å². The van der Waals surface area contributed by atoms with Gasteiger partial charge < -0.3 is 10.2 Å². The Morgan fingerprint density at radius 1 is 1.17 bits per heavy atom. The average molecular weight is 244 g/mol. The smallest absolute Gasteiger partial charge is 0.0443 e. The summed E-state index contributed by atoms with van der Waals surface area (Å²) in [5.74, 6) is 0. The van der Waals surface area contributed by atoms with E-state index < -0.39 is 0 Å². The standard InChI is InChI=1S/C16H24N2/c1-12-6-5-9-15(13(12)2)18-11-10-17-14-7-3-4-8-16(14)18/h5-6,9,14,16-17H,3-4,7-8,10-11H2,1-2H3/t14-,16+/m1/s1. The first kappa shape index (κ1) is 12.0. The highest BCUT2D eigenvalue weighted by molar-refractivity contribution is 5.57. The molecule has 1 aromatic carbocycles. The fourth-order valence-corrected chi connectivity index (χ4v) is 3.60. The lowest BCUT2D eigenvalue weighted by Gasteiger charge is -2.46. The molecule has 2 fully saturated rings. The SMILES string of the molecule is Cc1cccc(N2CCN[C@@H]3CCCC[C@@H]32)c1C. The van der Waals surface area contributed by atoms with Gasteiger partial charge in [0.2, 0.25) is 0 Å². The van der Waals surface area contributed by atoms with Crippen LogP contribution in [0.4, 0.5) is 5.69 Å². The second kappa shape index (κ2) is 4.93. The van der Waals surface area contributed by atoms with Crippen LogP contribution < -0.4 is 10.2 Å². The van der Waals surface area contributed by atoms with Crippen LogP contribution >= 0.6 is 0 Å². The van der Waals surface area contributed by atoms with Crippen LogP contribution in [0.15, 0.2) is 18.2 Å². The number of nitrogens with zero attached hydrogens (tertiary/aromatic N) is 1. The highest BCUT2D eigenvalue weighted by atomic mass is 15.2. The molecular weight excluding hydrogens is 220 g/mol. The number of piperazine rings is 1. The number of rotatable bonds is 1. The predicted molar refractivity (Wildman–Crippen MR) is 77.3 cm³/mol. The molecule has 0 amide bonds. The van der Waals surface area contributed by atoms with E-state index in [1.165, 1.54) is 42.5 Å². The highest BCUT2D eigenvalue weighted by Crippen LogP contribution is 2.32. The van der Waals surface area contributed by atoms with Crippen molar-refractivity contribution >= 4 is 5.69 Å². The van der Waals surface area contributed by atoms with E-state index in [9.17, 15) is 0 Å². The molecule has 2 atom stereocenters. The molecule has 0 radical (unpaired) electrons. The van der Waals surface area contributed by atoms with Crippen molar-refractivity contribution in [3.05, 3.63) is 29.3 Å². The lowest BCUT2D eigenvalue weighted by Crippen LogP contribution is -2.59. The molecule has 3 rings (SSSR count). The molecule has 1 aromatic rings. The highest BCUT2D eigenvalue weighted by Gasteiger charge is 2.33. The van der Waals surface area contributed by atoms with E-state index in [1.807, 2.05) is 0 Å². The van der Waals surface area contributed by atoms with Crippen LogP contribution in [0.25, 0.3) is 0 Å². The summed E-state index contributed by atoms with van der Waals surface area (Å²) in [6, 6.07) is 8.16. The summed E-state index contributed by atoms with van der Waals surface area (Å²) in [7, 11) is 0. The quantitative estimate of drug-likeness (QED) is 0.817. The molecule has 98 valence electrons. The van der Waals surface area contributed by atoms with Crippen LogP contribution in [0, 0.1) is 13.8 Å². The van der Waals surface area contributed by atoms with E-state index in [2.05, 4.69) is 42.3 Å². The van der Waals surface area contributed by atoms with Crippen LogP contribution in [-0.2, 0) is 0 Å². The maximum absolute atomic E-state index is 3.71. The molecule has 2 aliphatic rings. The Kier molecular flexibility index (Phi) is 3.29. The molecule has 1 saturated carbocycles. The summed E-state index contributed by atoms with van der Waals surface area (Å²) in [6.07, 6.45) is 5.50. The summed E-state index contributed by atoms with van der Waals surface area (Å²) >= 11 is 0. The Morgan fingerprint density at radius 2 is 2.00 bits per heavy atom. The van der Waals surface area contributed by atoms with Gasteiger partial charge in [-0.3, -0.25) is 0 Å². The molecule has 1 saturated heterocycles. The Hall–Kier alpha value is -1.02. The number of anilines is 1. The maximum Gasteiger partial charge on any atom is 0.0443 e. The van der Waals surface area contributed by atoms with E-state index in [-0.39, 0.29) is 0 Å². The van der Waals surface area contributed by atoms with Crippen molar-refractivity contribution in [3.8, 4) is 0 Å². The minimum atomic E-state index is 0.715. The van der Waals surface area contributed by atoms with Crippen molar-refractivity contribution in [3.63, 3.8) is 0 Å². The number of nitrogens with one attached hydrogen (secondary N) is 1. The van der Waals surface area contributed by atoms with E-state index in [4.69, 9.17) is 0 Å². The number of benzene rings is 1. The molecule has 1 aliphatic heterocycles. The van der Waals surface area contributed by atoms with Crippen molar-refractivity contribution in [2.24, 2.45) is 0 Å². The van der Waals surface area contributed by atoms with Gasteiger partial charge in [-0.1, -0.05) is 25.0 Å². The number of hydrogen-bond donors (Lipinski definition) is 1. The average Bonchev–Trinajstić information content (AvgIpc) is 2.41.